The van der Waals surface area contributed by atoms with E-state index in [9.17, 15) is 13.6 Å². The standard InChI is InChI=1S/C21H16F2N4O2.C4H8O/c1-29-19-8-15-18(9-16(19)24)26-20(27-21(15)28)4-11-2-3-17(25-10-11)12-5-13(22)7-14(23)6-12;1-2-4-5-3-1/h2-3,5-10H,4,24H2,1H3,(H,26,27,28);1-4H2. The molecule has 0 spiro atoms. The minimum absolute atomic E-state index is 0.303. The number of aromatic amines is 1. The highest BCUT2D eigenvalue weighted by Crippen LogP contribution is 2.25. The van der Waals surface area contributed by atoms with Gasteiger partial charge in [-0.15, -0.1) is 0 Å². The third kappa shape index (κ3) is 5.55. The average Bonchev–Trinajstić information content (AvgIpc) is 3.39. The van der Waals surface area contributed by atoms with Crippen LogP contribution in [0.3, 0.4) is 0 Å². The average molecular weight is 466 g/mol. The molecule has 1 aliphatic rings. The van der Waals surface area contributed by atoms with Crippen LogP contribution in [0.5, 0.6) is 5.75 Å². The van der Waals surface area contributed by atoms with Crippen LogP contribution in [0.4, 0.5) is 14.5 Å². The van der Waals surface area contributed by atoms with Crippen molar-refractivity contribution in [2.24, 2.45) is 0 Å². The summed E-state index contributed by atoms with van der Waals surface area (Å²) in [5.41, 5.74) is 8.00. The topological polar surface area (TPSA) is 103 Å². The first-order chi connectivity index (χ1) is 16.4. The molecule has 3 N–H and O–H groups in total. The van der Waals surface area contributed by atoms with Crippen LogP contribution in [0.15, 0.2) is 53.5 Å². The van der Waals surface area contributed by atoms with Crippen LogP contribution in [0, 0.1) is 11.6 Å². The Morgan fingerprint density at radius 2 is 1.82 bits per heavy atom. The zero-order valence-corrected chi connectivity index (χ0v) is 18.6. The molecule has 3 heterocycles. The van der Waals surface area contributed by atoms with Gasteiger partial charge in [-0.3, -0.25) is 9.78 Å². The van der Waals surface area contributed by atoms with Crippen molar-refractivity contribution >= 4 is 16.6 Å². The Bertz CT molecular complexity index is 1330. The van der Waals surface area contributed by atoms with Gasteiger partial charge < -0.3 is 20.2 Å². The molecule has 1 aliphatic heterocycles. The van der Waals surface area contributed by atoms with Gasteiger partial charge >= 0.3 is 0 Å². The molecule has 0 aliphatic carbocycles. The summed E-state index contributed by atoms with van der Waals surface area (Å²) >= 11 is 0. The Kier molecular flexibility index (Phi) is 7.12. The largest absolute Gasteiger partial charge is 0.495 e. The van der Waals surface area contributed by atoms with Crippen LogP contribution in [-0.4, -0.2) is 35.3 Å². The van der Waals surface area contributed by atoms with Gasteiger partial charge in [-0.2, -0.15) is 0 Å². The lowest BCUT2D eigenvalue weighted by atomic mass is 10.1. The number of nitrogens with zero attached hydrogens (tertiary/aromatic N) is 2. The number of ether oxygens (including phenoxy) is 2. The Morgan fingerprint density at radius 3 is 2.41 bits per heavy atom. The first-order valence-corrected chi connectivity index (χ1v) is 10.8. The zero-order chi connectivity index (χ0) is 24.1. The van der Waals surface area contributed by atoms with E-state index < -0.39 is 11.6 Å². The van der Waals surface area contributed by atoms with Crippen LogP contribution < -0.4 is 16.0 Å². The van der Waals surface area contributed by atoms with E-state index in [4.69, 9.17) is 15.2 Å². The number of anilines is 1. The van der Waals surface area contributed by atoms with E-state index in [-0.39, 0.29) is 5.56 Å². The highest BCUT2D eigenvalue weighted by Gasteiger charge is 2.10. The Morgan fingerprint density at radius 1 is 1.09 bits per heavy atom. The van der Waals surface area contributed by atoms with Crippen molar-refractivity contribution in [1.82, 2.24) is 15.0 Å². The minimum Gasteiger partial charge on any atom is -0.495 e. The maximum absolute atomic E-state index is 13.4. The highest BCUT2D eigenvalue weighted by molar-refractivity contribution is 5.84. The summed E-state index contributed by atoms with van der Waals surface area (Å²) in [7, 11) is 1.47. The van der Waals surface area contributed by atoms with E-state index in [2.05, 4.69) is 15.0 Å². The van der Waals surface area contributed by atoms with Crippen LogP contribution in [-0.2, 0) is 11.2 Å². The van der Waals surface area contributed by atoms with Crippen molar-refractivity contribution in [3.63, 3.8) is 0 Å². The molecular formula is C25H24F2N4O3. The number of benzene rings is 2. The number of halogens is 2. The molecule has 0 amide bonds. The molecule has 0 saturated carbocycles. The first-order valence-electron chi connectivity index (χ1n) is 10.8. The van der Waals surface area contributed by atoms with Gasteiger partial charge in [0.15, 0.2) is 0 Å². The molecule has 7 nitrogen and oxygen atoms in total. The van der Waals surface area contributed by atoms with Gasteiger partial charge in [-0.25, -0.2) is 13.8 Å². The third-order valence-electron chi connectivity index (χ3n) is 5.29. The number of rotatable bonds is 4. The van der Waals surface area contributed by atoms with Crippen LogP contribution >= 0.6 is 0 Å². The van der Waals surface area contributed by atoms with Crippen molar-refractivity contribution in [2.45, 2.75) is 19.3 Å². The van der Waals surface area contributed by atoms with E-state index in [0.717, 1.165) is 24.8 Å². The summed E-state index contributed by atoms with van der Waals surface area (Å²) in [6, 6.07) is 9.80. The predicted molar refractivity (Wildman–Crippen MR) is 126 cm³/mol. The van der Waals surface area contributed by atoms with Crippen molar-refractivity contribution in [3.8, 4) is 17.0 Å². The second-order valence-electron chi connectivity index (χ2n) is 7.83. The molecule has 9 heteroatoms. The lowest BCUT2D eigenvalue weighted by Crippen LogP contribution is -2.13. The third-order valence-corrected chi connectivity index (χ3v) is 5.29. The number of H-pyrrole nitrogens is 1. The van der Waals surface area contributed by atoms with Crippen LogP contribution in [0.1, 0.15) is 24.2 Å². The van der Waals surface area contributed by atoms with Crippen molar-refractivity contribution in [2.75, 3.05) is 26.1 Å². The molecule has 0 bridgehead atoms. The molecule has 0 radical (unpaired) electrons. The van der Waals surface area contributed by atoms with Crippen molar-refractivity contribution in [1.29, 1.82) is 0 Å². The minimum atomic E-state index is -0.667. The van der Waals surface area contributed by atoms with Gasteiger partial charge in [0.05, 0.1) is 29.4 Å². The molecule has 4 aromatic rings. The highest BCUT2D eigenvalue weighted by atomic mass is 19.1. The number of fused-ring (bicyclic) bond motifs is 1. The molecular weight excluding hydrogens is 442 g/mol. The van der Waals surface area contributed by atoms with E-state index in [1.54, 1.807) is 30.5 Å². The summed E-state index contributed by atoms with van der Waals surface area (Å²) < 4.78 is 36.9. The fraction of sp³-hybridized carbons (Fsp3) is 0.240. The lowest BCUT2D eigenvalue weighted by Gasteiger charge is -2.08. The molecule has 2 aromatic heterocycles. The van der Waals surface area contributed by atoms with Crippen LogP contribution in [0.25, 0.3) is 22.2 Å². The second-order valence-corrected chi connectivity index (χ2v) is 7.83. The van der Waals surface area contributed by atoms with Crippen LogP contribution in [0.2, 0.25) is 0 Å². The van der Waals surface area contributed by atoms with Gasteiger partial charge in [0, 0.05) is 37.5 Å². The van der Waals surface area contributed by atoms with Crippen molar-refractivity contribution in [3.05, 3.63) is 82.0 Å². The maximum Gasteiger partial charge on any atom is 0.258 e. The number of nitrogens with one attached hydrogen (secondary N) is 1. The number of pyridine rings is 1. The van der Waals surface area contributed by atoms with E-state index >= 15 is 0 Å². The molecule has 34 heavy (non-hydrogen) atoms. The number of methoxy groups -OCH3 is 1. The molecule has 0 unspecified atom stereocenters. The van der Waals surface area contributed by atoms with Gasteiger partial charge in [0.2, 0.25) is 0 Å². The quantitative estimate of drug-likeness (QED) is 0.436. The molecule has 1 fully saturated rings. The summed E-state index contributed by atoms with van der Waals surface area (Å²) in [5.74, 6) is -0.482. The molecule has 176 valence electrons. The zero-order valence-electron chi connectivity index (χ0n) is 18.6. The summed E-state index contributed by atoms with van der Waals surface area (Å²) in [6.45, 7) is 2.00. The molecule has 1 saturated heterocycles. The van der Waals surface area contributed by atoms with E-state index in [1.807, 2.05) is 0 Å². The summed E-state index contributed by atoms with van der Waals surface area (Å²) in [5, 5.41) is 0.376. The number of hydrogen-bond donors (Lipinski definition) is 2. The SMILES string of the molecule is C1CCOC1.COc1cc2c(=O)[nH]c(Cc3ccc(-c4cc(F)cc(F)c4)nc3)nc2cc1N. The number of aromatic nitrogens is 3. The number of nitrogens with two attached hydrogens (primary N) is 1. The Hall–Kier alpha value is -3.85. The maximum atomic E-state index is 13.4. The monoisotopic (exact) mass is 466 g/mol. The summed E-state index contributed by atoms with van der Waals surface area (Å²) in [4.78, 5) is 23.8. The Balaban J connectivity index is 0.000000486. The predicted octanol–water partition coefficient (Wildman–Crippen LogP) is 4.24. The lowest BCUT2D eigenvalue weighted by molar-refractivity contribution is 0.198. The summed E-state index contributed by atoms with van der Waals surface area (Å²) in [6.07, 6.45) is 4.45. The smallest absolute Gasteiger partial charge is 0.258 e. The second kappa shape index (κ2) is 10.4. The normalized spacial score (nSPS) is 12.9. The first kappa shape index (κ1) is 23.3. The van der Waals surface area contributed by atoms with E-state index in [0.29, 0.717) is 45.8 Å². The fourth-order valence-electron chi connectivity index (χ4n) is 3.60. The fourth-order valence-corrected chi connectivity index (χ4v) is 3.60. The van der Waals surface area contributed by atoms with E-state index in [1.165, 1.54) is 32.1 Å². The van der Waals surface area contributed by atoms with Gasteiger partial charge in [0.1, 0.15) is 23.2 Å². The van der Waals surface area contributed by atoms with Gasteiger partial charge in [-0.1, -0.05) is 6.07 Å². The Labute approximate surface area is 194 Å². The number of hydrogen-bond acceptors (Lipinski definition) is 6. The molecule has 5 rings (SSSR count). The van der Waals surface area contributed by atoms with Gasteiger partial charge in [-0.05, 0) is 48.7 Å². The molecule has 2 aromatic carbocycles. The number of nitrogen functional groups attached to an aromatic ring is 1. The van der Waals surface area contributed by atoms with Crippen molar-refractivity contribution < 1.29 is 18.3 Å². The molecule has 0 atom stereocenters. The van der Waals surface area contributed by atoms with Gasteiger partial charge in [0.25, 0.3) is 5.56 Å².